The Morgan fingerprint density at radius 1 is 1.25 bits per heavy atom. The molecule has 3 atom stereocenters. The van der Waals surface area contributed by atoms with E-state index in [9.17, 15) is 15.0 Å². The molecule has 0 amide bonds. The van der Waals surface area contributed by atoms with Gasteiger partial charge in [0.25, 0.3) is 0 Å². The quantitative estimate of drug-likeness (QED) is 0.410. The van der Waals surface area contributed by atoms with Crippen molar-refractivity contribution < 1.29 is 29.6 Å². The molecular formula is C9H20O6Si. The van der Waals surface area contributed by atoms with Gasteiger partial charge in [0, 0.05) is 0 Å². The first-order chi connectivity index (χ1) is 7.19. The van der Waals surface area contributed by atoms with Crippen molar-refractivity contribution in [1.82, 2.24) is 0 Å². The minimum absolute atomic E-state index is 0.300. The molecule has 0 saturated carbocycles. The van der Waals surface area contributed by atoms with Gasteiger partial charge in [-0.1, -0.05) is 0 Å². The second-order valence-corrected chi connectivity index (χ2v) is 9.07. The summed E-state index contributed by atoms with van der Waals surface area (Å²) in [6.45, 7) is 4.62. The van der Waals surface area contributed by atoms with E-state index in [1.54, 1.807) is 0 Å². The highest BCUT2D eigenvalue weighted by molar-refractivity contribution is 6.69. The Bertz CT molecular complexity index is 227. The van der Waals surface area contributed by atoms with Crippen LogP contribution in [-0.2, 0) is 9.22 Å². The summed E-state index contributed by atoms with van der Waals surface area (Å²) in [5, 5.41) is 36.2. The fourth-order valence-electron chi connectivity index (χ4n) is 0.882. The third-order valence-electron chi connectivity index (χ3n) is 1.88. The molecule has 0 aromatic carbocycles. The van der Waals surface area contributed by atoms with E-state index in [1.165, 1.54) is 0 Å². The van der Waals surface area contributed by atoms with Gasteiger partial charge in [0.05, 0.1) is 13.2 Å². The van der Waals surface area contributed by atoms with Crippen LogP contribution in [0.3, 0.4) is 0 Å². The Morgan fingerprint density at radius 3 is 2.12 bits per heavy atom. The maximum atomic E-state index is 11.3. The maximum absolute atomic E-state index is 11.3. The second kappa shape index (κ2) is 6.43. The number of carbonyl (C=O) groups is 1. The van der Waals surface area contributed by atoms with E-state index in [0.29, 0.717) is 0 Å². The summed E-state index contributed by atoms with van der Waals surface area (Å²) in [7, 11) is -1.86. The summed E-state index contributed by atoms with van der Waals surface area (Å²) in [5.74, 6) is -0.706. The average Bonchev–Trinajstić information content (AvgIpc) is 2.21. The molecule has 0 aromatic rings. The molecule has 0 unspecified atom stereocenters. The Morgan fingerprint density at radius 2 is 1.75 bits per heavy atom. The highest BCUT2D eigenvalue weighted by Crippen LogP contribution is 2.06. The van der Waals surface area contributed by atoms with Gasteiger partial charge in [0.1, 0.15) is 18.3 Å². The van der Waals surface area contributed by atoms with Gasteiger partial charge in [-0.3, -0.25) is 4.79 Å². The predicted octanol–water partition coefficient (Wildman–Crippen LogP) is -1.52. The topological polar surface area (TPSA) is 107 Å². The van der Waals surface area contributed by atoms with Gasteiger partial charge in [0.2, 0.25) is 0 Å². The van der Waals surface area contributed by atoms with Gasteiger partial charge < -0.3 is 24.9 Å². The van der Waals surface area contributed by atoms with E-state index in [1.807, 2.05) is 19.6 Å². The summed E-state index contributed by atoms with van der Waals surface area (Å²) >= 11 is 0. The first kappa shape index (κ1) is 15.7. The van der Waals surface area contributed by atoms with Crippen LogP contribution < -0.4 is 0 Å². The van der Waals surface area contributed by atoms with E-state index in [-0.39, 0.29) is 6.61 Å². The maximum Gasteiger partial charge on any atom is 0.188 e. The van der Waals surface area contributed by atoms with Crippen LogP contribution in [0, 0.1) is 0 Å². The van der Waals surface area contributed by atoms with Crippen LogP contribution in [0.1, 0.15) is 0 Å². The average molecular weight is 252 g/mol. The monoisotopic (exact) mass is 252 g/mol. The lowest BCUT2D eigenvalue weighted by Crippen LogP contribution is -2.46. The van der Waals surface area contributed by atoms with Crippen molar-refractivity contribution in [1.29, 1.82) is 0 Å². The summed E-state index contributed by atoms with van der Waals surface area (Å²) in [6.07, 6.45) is -4.97. The molecule has 96 valence electrons. The van der Waals surface area contributed by atoms with Gasteiger partial charge in [0.15, 0.2) is 14.1 Å². The Hall–Kier alpha value is -0.313. The van der Waals surface area contributed by atoms with Crippen LogP contribution in [0.15, 0.2) is 0 Å². The third kappa shape index (κ3) is 5.68. The molecule has 0 aliphatic rings. The molecule has 0 saturated heterocycles. The Labute approximate surface area is 95.6 Å². The van der Waals surface area contributed by atoms with Gasteiger partial charge >= 0.3 is 0 Å². The zero-order valence-electron chi connectivity index (χ0n) is 9.75. The minimum atomic E-state index is -1.86. The molecule has 0 aliphatic carbocycles. The molecule has 4 N–H and O–H groups in total. The van der Waals surface area contributed by atoms with Gasteiger partial charge in [-0.25, -0.2) is 0 Å². The predicted molar refractivity (Wildman–Crippen MR) is 59.4 cm³/mol. The van der Waals surface area contributed by atoms with Crippen molar-refractivity contribution in [2.75, 3.05) is 13.2 Å². The van der Waals surface area contributed by atoms with Crippen LogP contribution in [-0.4, -0.2) is 66.1 Å². The molecule has 0 aliphatic heterocycles. The molecule has 0 radical (unpaired) electrons. The zero-order valence-corrected chi connectivity index (χ0v) is 10.8. The van der Waals surface area contributed by atoms with Gasteiger partial charge in [-0.2, -0.15) is 0 Å². The van der Waals surface area contributed by atoms with E-state index >= 15 is 0 Å². The lowest BCUT2D eigenvalue weighted by atomic mass is 10.1. The number of hydrogen-bond donors (Lipinski definition) is 4. The summed E-state index contributed by atoms with van der Waals surface area (Å²) in [6, 6.07) is 0. The van der Waals surface area contributed by atoms with E-state index in [4.69, 9.17) is 14.6 Å². The number of hydrogen-bond acceptors (Lipinski definition) is 6. The number of aliphatic hydroxyl groups excluding tert-OH is 4. The minimum Gasteiger partial charge on any atom is -0.410 e. The summed E-state index contributed by atoms with van der Waals surface area (Å²) in [5.41, 5.74) is 0. The van der Waals surface area contributed by atoms with Crippen molar-refractivity contribution in [3.63, 3.8) is 0 Å². The molecule has 0 bridgehead atoms. The van der Waals surface area contributed by atoms with Crippen molar-refractivity contribution in [2.24, 2.45) is 0 Å². The molecular weight excluding hydrogens is 232 g/mol. The number of rotatable bonds is 7. The van der Waals surface area contributed by atoms with Crippen LogP contribution in [0.4, 0.5) is 0 Å². The van der Waals surface area contributed by atoms with Crippen LogP contribution in [0.25, 0.3) is 0 Å². The highest BCUT2D eigenvalue weighted by atomic mass is 28.4. The molecule has 0 aromatic heterocycles. The first-order valence-electron chi connectivity index (χ1n) is 5.00. The number of aliphatic hydroxyl groups is 4. The van der Waals surface area contributed by atoms with Crippen LogP contribution in [0.2, 0.25) is 19.6 Å². The lowest BCUT2D eigenvalue weighted by molar-refractivity contribution is -0.142. The van der Waals surface area contributed by atoms with Crippen molar-refractivity contribution in [3.05, 3.63) is 0 Å². The molecule has 0 rings (SSSR count). The second-order valence-electron chi connectivity index (χ2n) is 4.55. The smallest absolute Gasteiger partial charge is 0.188 e. The van der Waals surface area contributed by atoms with Crippen molar-refractivity contribution in [2.45, 2.75) is 38.0 Å². The highest BCUT2D eigenvalue weighted by Gasteiger charge is 2.30. The number of carbonyl (C=O) groups excluding carboxylic acids is 1. The summed E-state index contributed by atoms with van der Waals surface area (Å²) in [4.78, 5) is 11.3. The van der Waals surface area contributed by atoms with E-state index < -0.39 is 39.0 Å². The summed E-state index contributed by atoms with van der Waals surface area (Å²) < 4.78 is 5.25. The first-order valence-corrected chi connectivity index (χ1v) is 8.41. The van der Waals surface area contributed by atoms with Crippen molar-refractivity contribution in [3.8, 4) is 0 Å². The molecule has 6 nitrogen and oxygen atoms in total. The number of Topliss-reactive ketones (excluding diaryl/α,β-unsaturated/α-hetero) is 1. The van der Waals surface area contributed by atoms with Crippen LogP contribution >= 0.6 is 0 Å². The van der Waals surface area contributed by atoms with E-state index in [0.717, 1.165) is 0 Å². The standard InChI is InChI=1S/C9H20O6Si/c1-16(2,3)15-5-7(12)9(14)8(13)6(11)4-10/h6,8-11,13-14H,4-5H2,1-3H3/t6-,8+,9+/m1/s1. The molecule has 0 fully saturated rings. The molecule has 16 heavy (non-hydrogen) atoms. The fraction of sp³-hybridized carbons (Fsp3) is 0.889. The Kier molecular flexibility index (Phi) is 6.30. The van der Waals surface area contributed by atoms with Crippen LogP contribution in [0.5, 0.6) is 0 Å². The Balaban J connectivity index is 4.18. The number of ketones is 1. The van der Waals surface area contributed by atoms with Gasteiger partial charge in [-0.05, 0) is 19.6 Å². The molecule has 7 heteroatoms. The van der Waals surface area contributed by atoms with Gasteiger partial charge in [-0.15, -0.1) is 0 Å². The molecule has 0 heterocycles. The zero-order chi connectivity index (χ0) is 12.9. The fourth-order valence-corrected chi connectivity index (χ4v) is 1.46. The largest absolute Gasteiger partial charge is 0.410 e. The SMILES string of the molecule is C[Si](C)(C)OCC(=O)[C@H](O)[C@@H](O)[C@H](O)CO. The molecule has 0 spiro atoms. The normalized spacial score (nSPS) is 17.9. The van der Waals surface area contributed by atoms with Crippen molar-refractivity contribution >= 4 is 14.1 Å². The lowest BCUT2D eigenvalue weighted by Gasteiger charge is -2.22. The third-order valence-corrected chi connectivity index (χ3v) is 2.89. The van der Waals surface area contributed by atoms with E-state index in [2.05, 4.69) is 0 Å².